The molecule has 1 aromatic rings. The number of carbonyl (C=O) groups excluding carboxylic acids is 1. The lowest BCUT2D eigenvalue weighted by molar-refractivity contribution is -0.117. The van der Waals surface area contributed by atoms with Crippen molar-refractivity contribution >= 4 is 50.7 Å². The first-order valence-corrected chi connectivity index (χ1v) is 7.07. The van der Waals surface area contributed by atoms with Crippen molar-refractivity contribution < 1.29 is 4.79 Å². The fraction of sp³-hybridized carbons (Fsp3) is 0.417. The quantitative estimate of drug-likeness (QED) is 0.857. The van der Waals surface area contributed by atoms with Crippen LogP contribution in [-0.2, 0) is 4.79 Å². The molecule has 0 saturated heterocycles. The molecule has 1 rings (SSSR count). The van der Waals surface area contributed by atoms with Gasteiger partial charge in [-0.15, -0.1) is 0 Å². The second-order valence-corrected chi connectivity index (χ2v) is 6.20. The fourth-order valence-electron chi connectivity index (χ4n) is 1.49. The second kappa shape index (κ2) is 6.75. The van der Waals surface area contributed by atoms with Crippen molar-refractivity contribution in [3.05, 3.63) is 26.7 Å². The number of hydrogen-bond donors (Lipinski definition) is 2. The Bertz CT molecular complexity index is 429. The number of carbonyl (C=O) groups is 1. The van der Waals surface area contributed by atoms with Crippen LogP contribution in [0.3, 0.4) is 0 Å². The number of halogens is 3. The molecule has 0 heterocycles. The van der Waals surface area contributed by atoms with Crippen LogP contribution in [0.5, 0.6) is 0 Å². The summed E-state index contributed by atoms with van der Waals surface area (Å²) in [6.45, 7) is 4.01. The molecule has 100 valence electrons. The minimum atomic E-state index is -0.569. The highest BCUT2D eigenvalue weighted by molar-refractivity contribution is 9.10. The minimum absolute atomic E-state index is 0.283. The van der Waals surface area contributed by atoms with E-state index in [1.54, 1.807) is 12.1 Å². The van der Waals surface area contributed by atoms with Crippen molar-refractivity contribution in [2.75, 3.05) is 5.32 Å². The molecule has 0 saturated carbocycles. The van der Waals surface area contributed by atoms with Gasteiger partial charge in [-0.3, -0.25) is 4.79 Å². The van der Waals surface area contributed by atoms with Crippen molar-refractivity contribution in [3.8, 4) is 0 Å². The number of anilines is 1. The Morgan fingerprint density at radius 1 is 1.39 bits per heavy atom. The maximum atomic E-state index is 11.9. The molecule has 0 spiro atoms. The molecule has 1 amide bonds. The summed E-state index contributed by atoms with van der Waals surface area (Å²) in [7, 11) is 0. The van der Waals surface area contributed by atoms with E-state index in [-0.39, 0.29) is 5.91 Å². The number of hydrogen-bond acceptors (Lipinski definition) is 2. The first kappa shape index (κ1) is 15.8. The first-order chi connectivity index (χ1) is 8.31. The topological polar surface area (TPSA) is 55.1 Å². The van der Waals surface area contributed by atoms with E-state index in [1.807, 2.05) is 13.8 Å². The molecule has 0 aliphatic heterocycles. The first-order valence-electron chi connectivity index (χ1n) is 5.52. The Morgan fingerprint density at radius 2 is 1.89 bits per heavy atom. The molecule has 0 unspecified atom stereocenters. The van der Waals surface area contributed by atoms with Gasteiger partial charge in [0.15, 0.2) is 0 Å². The molecule has 0 fully saturated rings. The van der Waals surface area contributed by atoms with Gasteiger partial charge in [0.25, 0.3) is 0 Å². The van der Waals surface area contributed by atoms with Gasteiger partial charge < -0.3 is 11.1 Å². The number of nitrogens with one attached hydrogen (secondary N) is 1. The molecule has 6 heteroatoms. The van der Waals surface area contributed by atoms with Gasteiger partial charge >= 0.3 is 0 Å². The van der Waals surface area contributed by atoms with Gasteiger partial charge in [0, 0.05) is 4.47 Å². The molecule has 3 nitrogen and oxygen atoms in total. The molecule has 0 aromatic heterocycles. The van der Waals surface area contributed by atoms with E-state index in [0.29, 0.717) is 28.1 Å². The minimum Gasteiger partial charge on any atom is -0.322 e. The molecule has 1 aromatic carbocycles. The third kappa shape index (κ3) is 4.43. The monoisotopic (exact) mass is 352 g/mol. The van der Waals surface area contributed by atoms with Crippen molar-refractivity contribution in [2.24, 2.45) is 11.7 Å². The van der Waals surface area contributed by atoms with Gasteiger partial charge in [0.2, 0.25) is 5.91 Å². The zero-order valence-corrected chi connectivity index (χ0v) is 13.2. The molecule has 0 radical (unpaired) electrons. The van der Waals surface area contributed by atoms with Crippen LogP contribution in [0.4, 0.5) is 5.69 Å². The lowest BCUT2D eigenvalue weighted by atomic mass is 10.0. The summed E-state index contributed by atoms with van der Waals surface area (Å²) in [5, 5.41) is 3.41. The van der Waals surface area contributed by atoms with E-state index in [9.17, 15) is 4.79 Å². The Morgan fingerprint density at radius 3 is 2.33 bits per heavy atom. The molecule has 0 aliphatic carbocycles. The zero-order valence-electron chi connectivity index (χ0n) is 10.1. The highest BCUT2D eigenvalue weighted by Crippen LogP contribution is 2.33. The summed E-state index contributed by atoms with van der Waals surface area (Å²) >= 11 is 15.3. The van der Waals surface area contributed by atoms with Crippen LogP contribution in [-0.4, -0.2) is 11.9 Å². The van der Waals surface area contributed by atoms with E-state index in [0.717, 1.165) is 4.47 Å². The van der Waals surface area contributed by atoms with Crippen LogP contribution in [0.2, 0.25) is 10.0 Å². The SMILES string of the molecule is CC(C)C[C@H](N)C(=O)Nc1c(Cl)cc(Br)cc1Cl. The van der Waals surface area contributed by atoms with Gasteiger partial charge in [0.1, 0.15) is 0 Å². The Kier molecular flexibility index (Phi) is 5.92. The Balaban J connectivity index is 2.82. The van der Waals surface area contributed by atoms with E-state index in [2.05, 4.69) is 21.2 Å². The normalized spacial score (nSPS) is 12.6. The largest absolute Gasteiger partial charge is 0.322 e. The Hall–Kier alpha value is -0.290. The molecule has 18 heavy (non-hydrogen) atoms. The lowest BCUT2D eigenvalue weighted by Gasteiger charge is -2.15. The van der Waals surface area contributed by atoms with Gasteiger partial charge in [-0.1, -0.05) is 53.0 Å². The van der Waals surface area contributed by atoms with Crippen LogP contribution in [0.15, 0.2) is 16.6 Å². The fourth-order valence-corrected chi connectivity index (χ4v) is 2.80. The smallest absolute Gasteiger partial charge is 0.241 e. The molecular weight excluding hydrogens is 339 g/mol. The van der Waals surface area contributed by atoms with Crippen LogP contribution >= 0.6 is 39.1 Å². The van der Waals surface area contributed by atoms with Gasteiger partial charge in [0.05, 0.1) is 21.8 Å². The average molecular weight is 354 g/mol. The van der Waals surface area contributed by atoms with Gasteiger partial charge in [-0.05, 0) is 24.5 Å². The third-order valence-electron chi connectivity index (χ3n) is 2.32. The summed E-state index contributed by atoms with van der Waals surface area (Å²) in [6.07, 6.45) is 0.609. The van der Waals surface area contributed by atoms with E-state index < -0.39 is 6.04 Å². The summed E-state index contributed by atoms with van der Waals surface area (Å²) in [5.74, 6) is 0.0661. The maximum Gasteiger partial charge on any atom is 0.241 e. The lowest BCUT2D eigenvalue weighted by Crippen LogP contribution is -2.36. The highest BCUT2D eigenvalue weighted by atomic mass is 79.9. The second-order valence-electron chi connectivity index (χ2n) is 4.47. The number of rotatable bonds is 4. The molecule has 0 aliphatic rings. The Labute approximate surface area is 125 Å². The highest BCUT2D eigenvalue weighted by Gasteiger charge is 2.17. The van der Waals surface area contributed by atoms with Gasteiger partial charge in [-0.2, -0.15) is 0 Å². The molecular formula is C12H15BrCl2N2O. The van der Waals surface area contributed by atoms with Crippen LogP contribution in [0.1, 0.15) is 20.3 Å². The molecule has 1 atom stereocenters. The van der Waals surface area contributed by atoms with Gasteiger partial charge in [-0.25, -0.2) is 0 Å². The van der Waals surface area contributed by atoms with Crippen molar-refractivity contribution in [2.45, 2.75) is 26.3 Å². The number of nitrogens with two attached hydrogens (primary N) is 1. The summed E-state index contributed by atoms with van der Waals surface area (Å²) < 4.78 is 0.752. The average Bonchev–Trinajstić information content (AvgIpc) is 2.21. The van der Waals surface area contributed by atoms with Crippen molar-refractivity contribution in [1.82, 2.24) is 0 Å². The molecule has 0 bridgehead atoms. The van der Waals surface area contributed by atoms with Crippen LogP contribution in [0, 0.1) is 5.92 Å². The number of benzene rings is 1. The summed E-state index contributed by atoms with van der Waals surface area (Å²) in [5.41, 5.74) is 6.18. The van der Waals surface area contributed by atoms with Crippen LogP contribution in [0.25, 0.3) is 0 Å². The zero-order chi connectivity index (χ0) is 13.9. The van der Waals surface area contributed by atoms with E-state index in [1.165, 1.54) is 0 Å². The van der Waals surface area contributed by atoms with E-state index >= 15 is 0 Å². The standard InChI is InChI=1S/C12H15BrCl2N2O/c1-6(2)3-10(16)12(18)17-11-8(14)4-7(13)5-9(11)15/h4-6,10H,3,16H2,1-2H3,(H,17,18)/t10-/m0/s1. The summed E-state index contributed by atoms with van der Waals surface area (Å²) in [6, 6.07) is 2.76. The van der Waals surface area contributed by atoms with E-state index in [4.69, 9.17) is 28.9 Å². The predicted octanol–water partition coefficient (Wildman–Crippen LogP) is 4.07. The van der Waals surface area contributed by atoms with Crippen molar-refractivity contribution in [1.29, 1.82) is 0 Å². The van der Waals surface area contributed by atoms with Crippen molar-refractivity contribution in [3.63, 3.8) is 0 Å². The maximum absolute atomic E-state index is 11.9. The summed E-state index contributed by atoms with van der Waals surface area (Å²) in [4.78, 5) is 11.9. The number of amides is 1. The van der Waals surface area contributed by atoms with Crippen LogP contribution < -0.4 is 11.1 Å². The molecule has 3 N–H and O–H groups in total. The predicted molar refractivity (Wildman–Crippen MR) is 80.2 cm³/mol. The third-order valence-corrected chi connectivity index (χ3v) is 3.37.